The molecule has 0 radical (unpaired) electrons. The number of hydrogen-bond acceptors (Lipinski definition) is 10. The minimum atomic E-state index is -1.59. The molecule has 4 amide bonds. The molecule has 2 aromatic rings. The monoisotopic (exact) mass is 638 g/mol. The summed E-state index contributed by atoms with van der Waals surface area (Å²) < 4.78 is 21.5. The molecule has 0 spiro atoms. The van der Waals surface area contributed by atoms with Crippen molar-refractivity contribution in [2.75, 3.05) is 0 Å². The Balaban J connectivity index is 1.94. The van der Waals surface area contributed by atoms with E-state index in [0.717, 1.165) is 0 Å². The number of amides is 4. The van der Waals surface area contributed by atoms with Gasteiger partial charge in [-0.25, -0.2) is 19.4 Å². The van der Waals surface area contributed by atoms with E-state index < -0.39 is 59.2 Å². The predicted octanol–water partition coefficient (Wildman–Crippen LogP) is 5.31. The van der Waals surface area contributed by atoms with Crippen molar-refractivity contribution in [2.24, 2.45) is 0 Å². The molecule has 0 saturated carbocycles. The van der Waals surface area contributed by atoms with Gasteiger partial charge in [0.2, 0.25) is 0 Å². The van der Waals surface area contributed by atoms with E-state index >= 15 is 0 Å². The minimum absolute atomic E-state index is 0.207. The highest BCUT2D eigenvalue weighted by Crippen LogP contribution is 2.28. The lowest BCUT2D eigenvalue weighted by Crippen LogP contribution is -2.67. The summed E-state index contributed by atoms with van der Waals surface area (Å²) in [5, 5.41) is 0. The lowest BCUT2D eigenvalue weighted by molar-refractivity contribution is -0.163. The first-order chi connectivity index (χ1) is 21.6. The van der Waals surface area contributed by atoms with Gasteiger partial charge < -0.3 is 18.9 Å². The fourth-order valence-corrected chi connectivity index (χ4v) is 4.66. The fraction of sp³-hybridized carbons (Fsp3) is 0.471. The molecule has 2 aromatic carbocycles. The summed E-state index contributed by atoms with van der Waals surface area (Å²) in [6.45, 7) is 9.63. The van der Waals surface area contributed by atoms with Crippen molar-refractivity contribution in [1.29, 1.82) is 0 Å². The van der Waals surface area contributed by atoms with E-state index in [2.05, 4.69) is 0 Å². The zero-order chi connectivity index (χ0) is 34.1. The van der Waals surface area contributed by atoms with Crippen LogP contribution in [0.25, 0.3) is 0 Å². The summed E-state index contributed by atoms with van der Waals surface area (Å²) >= 11 is 0. The van der Waals surface area contributed by atoms with Gasteiger partial charge in [0.15, 0.2) is 0 Å². The van der Waals surface area contributed by atoms with Crippen molar-refractivity contribution in [3.05, 3.63) is 71.8 Å². The lowest BCUT2D eigenvalue weighted by Gasteiger charge is -2.41. The Labute approximate surface area is 268 Å². The fourth-order valence-electron chi connectivity index (χ4n) is 4.66. The molecule has 46 heavy (non-hydrogen) atoms. The van der Waals surface area contributed by atoms with E-state index in [4.69, 9.17) is 18.9 Å². The Hall–Kier alpha value is -4.74. The Bertz CT molecular complexity index is 1290. The van der Waals surface area contributed by atoms with Gasteiger partial charge in [0, 0.05) is 12.8 Å². The maximum absolute atomic E-state index is 14.0. The van der Waals surface area contributed by atoms with Crippen LogP contribution < -0.4 is 0 Å². The Kier molecular flexibility index (Phi) is 12.0. The minimum Gasteiger partial charge on any atom is -0.460 e. The predicted molar refractivity (Wildman–Crippen MR) is 165 cm³/mol. The Morgan fingerprint density at radius 1 is 0.587 bits per heavy atom. The van der Waals surface area contributed by atoms with Gasteiger partial charge in [0.05, 0.1) is 0 Å². The summed E-state index contributed by atoms with van der Waals surface area (Å²) in [6, 6.07) is 14.2. The molecular formula is C34H42N2O10. The second-order valence-electron chi connectivity index (χ2n) is 12.8. The standard InChI is InChI=1S/C34H42N2O10/c1-33(2,3)45-27(37)19-17-25-29(39)36(32(42)44-22-24-15-11-8-12-16-24)26(18-20-28(38)46-34(4,5)6)30(40)35(25)31(41)43-21-23-13-9-7-10-14-23/h7-16,25-26H,17-22H2,1-6H3. The molecule has 12 heteroatoms. The van der Waals surface area contributed by atoms with Crippen LogP contribution >= 0.6 is 0 Å². The van der Waals surface area contributed by atoms with Gasteiger partial charge in [-0.3, -0.25) is 19.2 Å². The Morgan fingerprint density at radius 2 is 0.913 bits per heavy atom. The van der Waals surface area contributed by atoms with Crippen LogP contribution in [0.2, 0.25) is 0 Å². The molecule has 248 valence electrons. The molecule has 1 heterocycles. The second-order valence-corrected chi connectivity index (χ2v) is 12.8. The molecule has 2 unspecified atom stereocenters. The van der Waals surface area contributed by atoms with Crippen LogP contribution in [0.1, 0.15) is 78.4 Å². The first kappa shape index (κ1) is 35.7. The van der Waals surface area contributed by atoms with Crippen molar-refractivity contribution in [2.45, 2.75) is 104 Å². The summed E-state index contributed by atoms with van der Waals surface area (Å²) in [7, 11) is 0. The topological polar surface area (TPSA) is 146 Å². The zero-order valence-electron chi connectivity index (χ0n) is 27.1. The van der Waals surface area contributed by atoms with E-state index in [9.17, 15) is 28.8 Å². The van der Waals surface area contributed by atoms with E-state index in [1.165, 1.54) is 0 Å². The molecule has 1 aliphatic rings. The van der Waals surface area contributed by atoms with Crippen molar-refractivity contribution < 1.29 is 47.7 Å². The van der Waals surface area contributed by atoms with Crippen LogP contribution in [-0.2, 0) is 51.3 Å². The van der Waals surface area contributed by atoms with Gasteiger partial charge in [-0.05, 0) is 65.5 Å². The van der Waals surface area contributed by atoms with Gasteiger partial charge in [0.1, 0.15) is 36.5 Å². The quantitative estimate of drug-likeness (QED) is 0.248. The Morgan fingerprint density at radius 3 is 1.22 bits per heavy atom. The van der Waals surface area contributed by atoms with E-state index in [1.54, 1.807) is 102 Å². The third kappa shape index (κ3) is 10.7. The molecule has 1 aliphatic heterocycles. The van der Waals surface area contributed by atoms with Gasteiger partial charge in [-0.1, -0.05) is 60.7 Å². The summed E-state index contributed by atoms with van der Waals surface area (Å²) in [5.74, 6) is -3.27. The van der Waals surface area contributed by atoms with Crippen LogP contribution in [0, 0.1) is 0 Å². The number of carbonyl (C=O) groups is 6. The third-order valence-electron chi connectivity index (χ3n) is 6.56. The number of rotatable bonds is 10. The van der Waals surface area contributed by atoms with E-state index in [1.807, 2.05) is 0 Å². The van der Waals surface area contributed by atoms with Gasteiger partial charge >= 0.3 is 24.1 Å². The number of piperazine rings is 1. The molecule has 12 nitrogen and oxygen atoms in total. The summed E-state index contributed by atoms with van der Waals surface area (Å²) in [4.78, 5) is 81.5. The normalized spacial score (nSPS) is 16.9. The highest BCUT2D eigenvalue weighted by molar-refractivity contribution is 6.10. The van der Waals surface area contributed by atoms with Crippen molar-refractivity contribution in [3.63, 3.8) is 0 Å². The molecule has 1 saturated heterocycles. The zero-order valence-corrected chi connectivity index (χ0v) is 27.1. The maximum atomic E-state index is 14.0. The van der Waals surface area contributed by atoms with Crippen LogP contribution in [0.3, 0.4) is 0 Å². The van der Waals surface area contributed by atoms with Crippen molar-refractivity contribution in [1.82, 2.24) is 9.80 Å². The van der Waals surface area contributed by atoms with Crippen LogP contribution in [0.4, 0.5) is 9.59 Å². The van der Waals surface area contributed by atoms with E-state index in [-0.39, 0.29) is 38.9 Å². The average Bonchev–Trinajstić information content (AvgIpc) is 2.97. The average molecular weight is 639 g/mol. The van der Waals surface area contributed by atoms with Crippen LogP contribution in [0.15, 0.2) is 60.7 Å². The molecule has 1 fully saturated rings. The smallest absolute Gasteiger partial charge is 0.417 e. The molecule has 0 N–H and O–H groups in total. The van der Waals surface area contributed by atoms with Crippen LogP contribution in [-0.4, -0.2) is 69.0 Å². The first-order valence-corrected chi connectivity index (χ1v) is 15.1. The number of esters is 2. The largest absolute Gasteiger partial charge is 0.460 e. The SMILES string of the molecule is CC(C)(C)OC(=O)CCC1C(=O)N(C(=O)OCc2ccccc2)C(CCC(=O)OC(C)(C)C)C(=O)N1C(=O)OCc1ccccc1. The number of carbonyl (C=O) groups excluding carboxylic acids is 6. The molecule has 0 aliphatic carbocycles. The number of benzene rings is 2. The number of imide groups is 2. The molecule has 2 atom stereocenters. The third-order valence-corrected chi connectivity index (χ3v) is 6.56. The molecular weight excluding hydrogens is 596 g/mol. The van der Waals surface area contributed by atoms with Gasteiger partial charge in [-0.2, -0.15) is 0 Å². The second kappa shape index (κ2) is 15.5. The number of ether oxygens (including phenoxy) is 4. The van der Waals surface area contributed by atoms with Crippen LogP contribution in [0.5, 0.6) is 0 Å². The highest BCUT2D eigenvalue weighted by Gasteiger charge is 2.52. The van der Waals surface area contributed by atoms with E-state index in [0.29, 0.717) is 20.9 Å². The van der Waals surface area contributed by atoms with Crippen molar-refractivity contribution >= 4 is 35.9 Å². The number of nitrogens with zero attached hydrogens (tertiary/aromatic N) is 2. The van der Waals surface area contributed by atoms with Gasteiger partial charge in [-0.15, -0.1) is 0 Å². The lowest BCUT2D eigenvalue weighted by atomic mass is 9.98. The van der Waals surface area contributed by atoms with Gasteiger partial charge in [0.25, 0.3) is 11.8 Å². The number of hydrogen-bond donors (Lipinski definition) is 0. The molecule has 0 aromatic heterocycles. The summed E-state index contributed by atoms with van der Waals surface area (Å²) in [6.07, 6.45) is -3.67. The maximum Gasteiger partial charge on any atom is 0.417 e. The molecule has 0 bridgehead atoms. The molecule has 3 rings (SSSR count). The van der Waals surface area contributed by atoms with Crippen molar-refractivity contribution in [3.8, 4) is 0 Å². The summed E-state index contributed by atoms with van der Waals surface area (Å²) in [5.41, 5.74) is -0.385. The highest BCUT2D eigenvalue weighted by atomic mass is 16.6. The first-order valence-electron chi connectivity index (χ1n) is 15.1.